The molecule has 1 heterocycles. The molecular formula is C10H17N3O2S. The molecule has 0 atom stereocenters. The number of ether oxygens (including phenoxy) is 1. The Balaban J connectivity index is 2.32. The van der Waals surface area contributed by atoms with Crippen LogP contribution in [0.5, 0.6) is 0 Å². The van der Waals surface area contributed by atoms with Gasteiger partial charge < -0.3 is 15.0 Å². The van der Waals surface area contributed by atoms with Gasteiger partial charge in [0, 0.05) is 11.9 Å². The van der Waals surface area contributed by atoms with Gasteiger partial charge in [-0.3, -0.25) is 0 Å². The molecule has 0 saturated heterocycles. The first kappa shape index (κ1) is 12.9. The molecule has 90 valence electrons. The molecule has 0 bridgehead atoms. The van der Waals surface area contributed by atoms with E-state index < -0.39 is 5.97 Å². The number of carbonyl (C=O) groups is 1. The van der Waals surface area contributed by atoms with E-state index in [9.17, 15) is 4.79 Å². The van der Waals surface area contributed by atoms with Crippen LogP contribution in [0.15, 0.2) is 5.38 Å². The average molecular weight is 243 g/mol. The maximum atomic E-state index is 11.1. The van der Waals surface area contributed by atoms with E-state index in [1.165, 1.54) is 18.4 Å². The molecule has 1 rings (SSSR count). The van der Waals surface area contributed by atoms with Crippen LogP contribution in [0.2, 0.25) is 0 Å². The summed E-state index contributed by atoms with van der Waals surface area (Å²) < 4.78 is 4.58. The van der Waals surface area contributed by atoms with E-state index in [2.05, 4.69) is 19.9 Å². The first-order valence-electron chi connectivity index (χ1n) is 5.06. The molecule has 16 heavy (non-hydrogen) atoms. The first-order valence-corrected chi connectivity index (χ1v) is 5.94. The summed E-state index contributed by atoms with van der Waals surface area (Å²) in [6, 6.07) is 0. The minimum atomic E-state index is -0.391. The molecule has 0 fully saturated rings. The molecule has 1 aromatic heterocycles. The Kier molecular flexibility index (Phi) is 5.21. The molecule has 5 nitrogen and oxygen atoms in total. The highest BCUT2D eigenvalue weighted by molar-refractivity contribution is 7.13. The Morgan fingerprint density at radius 2 is 2.38 bits per heavy atom. The van der Waals surface area contributed by atoms with Gasteiger partial charge in [-0.25, -0.2) is 9.78 Å². The number of thiazole rings is 1. The Hall–Kier alpha value is -1.14. The van der Waals surface area contributed by atoms with E-state index in [0.29, 0.717) is 5.69 Å². The Bertz CT molecular complexity index is 339. The minimum Gasteiger partial charge on any atom is -0.464 e. The van der Waals surface area contributed by atoms with Crippen molar-refractivity contribution < 1.29 is 9.53 Å². The molecule has 0 radical (unpaired) electrons. The van der Waals surface area contributed by atoms with E-state index in [0.717, 1.165) is 24.6 Å². The molecular weight excluding hydrogens is 226 g/mol. The SMILES string of the molecule is COC(=O)c1csc(NCCCN(C)C)n1. The number of nitrogens with one attached hydrogen (secondary N) is 1. The van der Waals surface area contributed by atoms with E-state index in [4.69, 9.17) is 0 Å². The minimum absolute atomic E-state index is 0.364. The van der Waals surface area contributed by atoms with Crippen LogP contribution in [-0.4, -0.2) is 50.1 Å². The first-order chi connectivity index (χ1) is 7.63. The van der Waals surface area contributed by atoms with Crippen LogP contribution >= 0.6 is 11.3 Å². The van der Waals surface area contributed by atoms with Gasteiger partial charge in [0.1, 0.15) is 0 Å². The van der Waals surface area contributed by atoms with Crippen LogP contribution in [0.25, 0.3) is 0 Å². The van der Waals surface area contributed by atoms with Crippen molar-refractivity contribution in [2.24, 2.45) is 0 Å². The van der Waals surface area contributed by atoms with Crippen molar-refractivity contribution in [2.45, 2.75) is 6.42 Å². The van der Waals surface area contributed by atoms with Crippen molar-refractivity contribution in [1.82, 2.24) is 9.88 Å². The zero-order valence-corrected chi connectivity index (χ0v) is 10.6. The highest BCUT2D eigenvalue weighted by Gasteiger charge is 2.09. The van der Waals surface area contributed by atoms with E-state index in [-0.39, 0.29) is 0 Å². The summed E-state index contributed by atoms with van der Waals surface area (Å²) in [5.41, 5.74) is 0.364. The lowest BCUT2D eigenvalue weighted by molar-refractivity contribution is 0.0595. The van der Waals surface area contributed by atoms with Crippen molar-refractivity contribution in [1.29, 1.82) is 0 Å². The molecule has 0 aromatic carbocycles. The summed E-state index contributed by atoms with van der Waals surface area (Å²) in [5.74, 6) is -0.391. The number of carbonyl (C=O) groups excluding carboxylic acids is 1. The van der Waals surface area contributed by atoms with Gasteiger partial charge in [-0.2, -0.15) is 0 Å². The summed E-state index contributed by atoms with van der Waals surface area (Å²) in [7, 11) is 5.43. The second-order valence-electron chi connectivity index (χ2n) is 3.61. The van der Waals surface area contributed by atoms with Crippen LogP contribution in [0.1, 0.15) is 16.9 Å². The molecule has 1 N–H and O–H groups in total. The maximum absolute atomic E-state index is 11.1. The summed E-state index contributed by atoms with van der Waals surface area (Å²) in [5, 5.41) is 5.63. The number of hydrogen-bond acceptors (Lipinski definition) is 6. The summed E-state index contributed by atoms with van der Waals surface area (Å²) in [4.78, 5) is 17.4. The molecule has 0 aliphatic rings. The lowest BCUT2D eigenvalue weighted by atomic mass is 10.4. The van der Waals surface area contributed by atoms with E-state index in [1.54, 1.807) is 5.38 Å². The molecule has 0 unspecified atom stereocenters. The third-order valence-corrected chi connectivity index (χ3v) is 2.76. The zero-order valence-electron chi connectivity index (χ0n) is 9.82. The highest BCUT2D eigenvalue weighted by atomic mass is 32.1. The fourth-order valence-corrected chi connectivity index (χ4v) is 1.85. The van der Waals surface area contributed by atoms with Crippen molar-refractivity contribution in [3.8, 4) is 0 Å². The quantitative estimate of drug-likeness (QED) is 0.603. The molecule has 6 heteroatoms. The predicted octanol–water partition coefficient (Wildman–Crippen LogP) is 1.29. The molecule has 0 spiro atoms. The Labute approximate surface area is 99.4 Å². The van der Waals surface area contributed by atoms with Crippen LogP contribution in [0, 0.1) is 0 Å². The summed E-state index contributed by atoms with van der Waals surface area (Å²) in [6.07, 6.45) is 1.04. The topological polar surface area (TPSA) is 54.5 Å². The Morgan fingerprint density at radius 3 is 3.00 bits per heavy atom. The molecule has 0 amide bonds. The smallest absolute Gasteiger partial charge is 0.357 e. The molecule has 1 aromatic rings. The molecule has 0 saturated carbocycles. The van der Waals surface area contributed by atoms with Crippen molar-refractivity contribution in [2.75, 3.05) is 39.6 Å². The summed E-state index contributed by atoms with van der Waals surface area (Å²) >= 11 is 1.42. The third kappa shape index (κ3) is 4.16. The molecule has 0 aliphatic heterocycles. The van der Waals surface area contributed by atoms with Crippen molar-refractivity contribution in [3.63, 3.8) is 0 Å². The van der Waals surface area contributed by atoms with Gasteiger partial charge >= 0.3 is 5.97 Å². The fraction of sp³-hybridized carbons (Fsp3) is 0.600. The van der Waals surface area contributed by atoms with Crippen LogP contribution in [-0.2, 0) is 4.74 Å². The van der Waals surface area contributed by atoms with Crippen molar-refractivity contribution >= 4 is 22.4 Å². The van der Waals surface area contributed by atoms with Gasteiger partial charge in [0.25, 0.3) is 0 Å². The largest absolute Gasteiger partial charge is 0.464 e. The number of methoxy groups -OCH3 is 1. The monoisotopic (exact) mass is 243 g/mol. The standard InChI is InChI=1S/C10H17N3O2S/c1-13(2)6-4-5-11-10-12-8(7-16-10)9(14)15-3/h7H,4-6H2,1-3H3,(H,11,12). The van der Waals surface area contributed by atoms with Gasteiger partial charge in [0.15, 0.2) is 10.8 Å². The van der Waals surface area contributed by atoms with E-state index in [1.807, 2.05) is 14.1 Å². The van der Waals surface area contributed by atoms with Crippen molar-refractivity contribution in [3.05, 3.63) is 11.1 Å². The van der Waals surface area contributed by atoms with Crippen LogP contribution < -0.4 is 5.32 Å². The number of esters is 1. The summed E-state index contributed by atoms with van der Waals surface area (Å²) in [6.45, 7) is 1.88. The fourth-order valence-electron chi connectivity index (χ4n) is 1.14. The average Bonchev–Trinajstić information content (AvgIpc) is 2.71. The maximum Gasteiger partial charge on any atom is 0.357 e. The zero-order chi connectivity index (χ0) is 12.0. The number of hydrogen-bond donors (Lipinski definition) is 1. The molecule has 0 aliphatic carbocycles. The van der Waals surface area contributed by atoms with Crippen LogP contribution in [0.3, 0.4) is 0 Å². The second-order valence-corrected chi connectivity index (χ2v) is 4.47. The number of anilines is 1. The van der Waals surface area contributed by atoms with Crippen LogP contribution in [0.4, 0.5) is 5.13 Å². The lowest BCUT2D eigenvalue weighted by Crippen LogP contribution is -2.16. The van der Waals surface area contributed by atoms with Gasteiger partial charge in [-0.05, 0) is 27.1 Å². The number of aromatic nitrogens is 1. The van der Waals surface area contributed by atoms with E-state index >= 15 is 0 Å². The highest BCUT2D eigenvalue weighted by Crippen LogP contribution is 2.15. The predicted molar refractivity (Wildman–Crippen MR) is 65.1 cm³/mol. The van der Waals surface area contributed by atoms with Gasteiger partial charge in [-0.1, -0.05) is 0 Å². The Morgan fingerprint density at radius 1 is 1.62 bits per heavy atom. The normalized spacial score (nSPS) is 10.5. The second kappa shape index (κ2) is 6.44. The number of nitrogens with zero attached hydrogens (tertiary/aromatic N) is 2. The van der Waals surface area contributed by atoms with Gasteiger partial charge in [0.05, 0.1) is 7.11 Å². The third-order valence-electron chi connectivity index (χ3n) is 1.96. The lowest BCUT2D eigenvalue weighted by Gasteiger charge is -2.08. The van der Waals surface area contributed by atoms with Gasteiger partial charge in [0.2, 0.25) is 0 Å². The van der Waals surface area contributed by atoms with Gasteiger partial charge in [-0.15, -0.1) is 11.3 Å². The number of rotatable bonds is 6.